The van der Waals surface area contributed by atoms with E-state index in [0.717, 1.165) is 47.1 Å². The van der Waals surface area contributed by atoms with Crippen molar-refractivity contribution in [3.63, 3.8) is 0 Å². The third-order valence-corrected chi connectivity index (χ3v) is 4.67. The molecule has 0 radical (unpaired) electrons. The molecule has 4 rings (SSSR count). The molecule has 0 aliphatic rings. The SMILES string of the molecule is CCCCC(Oc1cccc2ccccc12)Oc1cccc2ncccc12. The highest BCUT2D eigenvalue weighted by Gasteiger charge is 2.15. The number of nitrogens with zero attached hydrogens (tertiary/aromatic N) is 1. The lowest BCUT2D eigenvalue weighted by Gasteiger charge is -2.22. The lowest BCUT2D eigenvalue weighted by atomic mass is 10.1. The summed E-state index contributed by atoms with van der Waals surface area (Å²) in [7, 11) is 0. The zero-order valence-electron chi connectivity index (χ0n) is 15.5. The van der Waals surface area contributed by atoms with E-state index in [1.54, 1.807) is 6.20 Å². The van der Waals surface area contributed by atoms with Crippen molar-refractivity contribution in [1.29, 1.82) is 0 Å². The minimum Gasteiger partial charge on any atom is -0.454 e. The first-order valence-corrected chi connectivity index (χ1v) is 9.50. The number of hydrogen-bond acceptors (Lipinski definition) is 3. The Morgan fingerprint density at radius 2 is 1.48 bits per heavy atom. The summed E-state index contributed by atoms with van der Waals surface area (Å²) >= 11 is 0. The first-order valence-electron chi connectivity index (χ1n) is 9.50. The van der Waals surface area contributed by atoms with Crippen LogP contribution in [0.5, 0.6) is 11.5 Å². The van der Waals surface area contributed by atoms with Crippen LogP contribution >= 0.6 is 0 Å². The second-order valence-electron chi connectivity index (χ2n) is 6.61. The summed E-state index contributed by atoms with van der Waals surface area (Å²) in [6.45, 7) is 2.18. The number of fused-ring (bicyclic) bond motifs is 2. The molecule has 27 heavy (non-hydrogen) atoms. The van der Waals surface area contributed by atoms with Crippen molar-refractivity contribution in [1.82, 2.24) is 4.98 Å². The summed E-state index contributed by atoms with van der Waals surface area (Å²) in [5.74, 6) is 1.66. The van der Waals surface area contributed by atoms with E-state index in [1.165, 1.54) is 5.39 Å². The smallest absolute Gasteiger partial charge is 0.241 e. The van der Waals surface area contributed by atoms with E-state index in [9.17, 15) is 0 Å². The van der Waals surface area contributed by atoms with Crippen molar-refractivity contribution in [2.45, 2.75) is 32.5 Å². The second-order valence-corrected chi connectivity index (χ2v) is 6.61. The molecule has 0 fully saturated rings. The van der Waals surface area contributed by atoms with E-state index in [1.807, 2.05) is 54.6 Å². The van der Waals surface area contributed by atoms with E-state index in [4.69, 9.17) is 9.47 Å². The topological polar surface area (TPSA) is 31.4 Å². The van der Waals surface area contributed by atoms with Crippen LogP contribution in [0.3, 0.4) is 0 Å². The number of benzene rings is 3. The number of unbranched alkanes of at least 4 members (excludes halogenated alkanes) is 1. The maximum atomic E-state index is 6.34. The number of ether oxygens (including phenoxy) is 2. The standard InChI is InChI=1S/C24H23NO2/c1-2-3-16-24(26-22-14-6-10-18-9-4-5-11-19(18)22)27-23-15-7-13-21-20(23)12-8-17-25-21/h4-15,17,24H,2-3,16H2,1H3. The number of rotatable bonds is 7. The van der Waals surface area contributed by atoms with Crippen LogP contribution in [0.4, 0.5) is 0 Å². The molecule has 0 aliphatic heterocycles. The molecular formula is C24H23NO2. The quantitative estimate of drug-likeness (QED) is 0.361. The molecule has 3 heteroatoms. The van der Waals surface area contributed by atoms with Gasteiger partial charge < -0.3 is 9.47 Å². The molecular weight excluding hydrogens is 334 g/mol. The third-order valence-electron chi connectivity index (χ3n) is 4.67. The van der Waals surface area contributed by atoms with Gasteiger partial charge in [0.25, 0.3) is 0 Å². The van der Waals surface area contributed by atoms with Gasteiger partial charge in [0.1, 0.15) is 11.5 Å². The van der Waals surface area contributed by atoms with Crippen LogP contribution in [-0.2, 0) is 0 Å². The molecule has 1 aromatic heterocycles. The summed E-state index contributed by atoms with van der Waals surface area (Å²) in [6, 6.07) is 24.3. The highest BCUT2D eigenvalue weighted by atomic mass is 16.7. The Hall–Kier alpha value is -3.07. The van der Waals surface area contributed by atoms with Gasteiger partial charge in [0.05, 0.1) is 5.52 Å². The van der Waals surface area contributed by atoms with Gasteiger partial charge in [-0.3, -0.25) is 4.98 Å². The van der Waals surface area contributed by atoms with Crippen LogP contribution in [0.1, 0.15) is 26.2 Å². The van der Waals surface area contributed by atoms with E-state index < -0.39 is 0 Å². The Bertz CT molecular complexity index is 953. The number of pyridine rings is 1. The summed E-state index contributed by atoms with van der Waals surface area (Å²) in [6.07, 6.45) is 4.42. The molecule has 1 atom stereocenters. The Balaban J connectivity index is 1.65. The average molecular weight is 357 g/mol. The molecule has 3 aromatic carbocycles. The van der Waals surface area contributed by atoms with E-state index in [2.05, 4.69) is 30.1 Å². The monoisotopic (exact) mass is 357 g/mol. The number of aromatic nitrogens is 1. The van der Waals surface area contributed by atoms with Gasteiger partial charge in [-0.05, 0) is 42.1 Å². The Labute approximate surface area is 159 Å². The fourth-order valence-corrected chi connectivity index (χ4v) is 3.27. The van der Waals surface area contributed by atoms with E-state index in [-0.39, 0.29) is 6.29 Å². The second kappa shape index (κ2) is 8.09. The van der Waals surface area contributed by atoms with E-state index in [0.29, 0.717) is 0 Å². The summed E-state index contributed by atoms with van der Waals surface area (Å²) < 4.78 is 12.7. The van der Waals surface area contributed by atoms with Crippen LogP contribution in [0.15, 0.2) is 79.0 Å². The van der Waals surface area contributed by atoms with Crippen LogP contribution < -0.4 is 9.47 Å². The first-order chi connectivity index (χ1) is 13.3. The molecule has 0 spiro atoms. The molecule has 0 aliphatic carbocycles. The maximum absolute atomic E-state index is 6.34. The molecule has 1 heterocycles. The van der Waals surface area contributed by atoms with Crippen molar-refractivity contribution in [3.8, 4) is 11.5 Å². The molecule has 0 saturated carbocycles. The molecule has 1 unspecified atom stereocenters. The lowest BCUT2D eigenvalue weighted by Crippen LogP contribution is -2.24. The van der Waals surface area contributed by atoms with Crippen LogP contribution in [-0.4, -0.2) is 11.3 Å². The normalized spacial score (nSPS) is 12.2. The lowest BCUT2D eigenvalue weighted by molar-refractivity contribution is 0.000174. The molecule has 0 bridgehead atoms. The van der Waals surface area contributed by atoms with Crippen molar-refractivity contribution < 1.29 is 9.47 Å². The van der Waals surface area contributed by atoms with Gasteiger partial charge in [0, 0.05) is 23.4 Å². The molecule has 4 aromatic rings. The van der Waals surface area contributed by atoms with Gasteiger partial charge in [-0.1, -0.05) is 55.8 Å². The highest BCUT2D eigenvalue weighted by Crippen LogP contribution is 2.30. The summed E-state index contributed by atoms with van der Waals surface area (Å²) in [4.78, 5) is 4.42. The fourth-order valence-electron chi connectivity index (χ4n) is 3.27. The van der Waals surface area contributed by atoms with Crippen LogP contribution in [0.2, 0.25) is 0 Å². The predicted octanol–water partition coefficient (Wildman–Crippen LogP) is 6.36. The fraction of sp³-hybridized carbons (Fsp3) is 0.208. The van der Waals surface area contributed by atoms with Crippen LogP contribution in [0, 0.1) is 0 Å². The molecule has 0 N–H and O–H groups in total. The minimum absolute atomic E-state index is 0.346. The van der Waals surface area contributed by atoms with Crippen LogP contribution in [0.25, 0.3) is 21.7 Å². The van der Waals surface area contributed by atoms with Crippen molar-refractivity contribution in [2.24, 2.45) is 0 Å². The van der Waals surface area contributed by atoms with Gasteiger partial charge in [-0.25, -0.2) is 0 Å². The van der Waals surface area contributed by atoms with Gasteiger partial charge >= 0.3 is 0 Å². The van der Waals surface area contributed by atoms with Crippen molar-refractivity contribution in [2.75, 3.05) is 0 Å². The Morgan fingerprint density at radius 1 is 0.778 bits per heavy atom. The maximum Gasteiger partial charge on any atom is 0.241 e. The van der Waals surface area contributed by atoms with Gasteiger partial charge in [-0.15, -0.1) is 0 Å². The minimum atomic E-state index is -0.346. The average Bonchev–Trinajstić information content (AvgIpc) is 2.72. The van der Waals surface area contributed by atoms with Crippen molar-refractivity contribution >= 4 is 21.7 Å². The number of hydrogen-bond donors (Lipinski definition) is 0. The zero-order valence-corrected chi connectivity index (χ0v) is 15.5. The van der Waals surface area contributed by atoms with Crippen molar-refractivity contribution in [3.05, 3.63) is 79.0 Å². The molecule has 0 saturated heterocycles. The molecule has 0 amide bonds. The van der Waals surface area contributed by atoms with E-state index >= 15 is 0 Å². The molecule has 136 valence electrons. The Morgan fingerprint density at radius 3 is 2.33 bits per heavy atom. The van der Waals surface area contributed by atoms with Gasteiger partial charge in [0.2, 0.25) is 6.29 Å². The summed E-state index contributed by atoms with van der Waals surface area (Å²) in [5, 5.41) is 3.27. The molecule has 3 nitrogen and oxygen atoms in total. The zero-order chi connectivity index (χ0) is 18.5. The first kappa shape index (κ1) is 17.3. The summed E-state index contributed by atoms with van der Waals surface area (Å²) in [5.41, 5.74) is 0.925. The highest BCUT2D eigenvalue weighted by molar-refractivity contribution is 5.88. The van der Waals surface area contributed by atoms with Gasteiger partial charge in [-0.2, -0.15) is 0 Å². The third kappa shape index (κ3) is 3.87. The van der Waals surface area contributed by atoms with Gasteiger partial charge in [0.15, 0.2) is 0 Å². The predicted molar refractivity (Wildman–Crippen MR) is 110 cm³/mol. The Kier molecular flexibility index (Phi) is 5.20. The largest absolute Gasteiger partial charge is 0.454 e.